The van der Waals surface area contributed by atoms with Crippen LogP contribution in [0.3, 0.4) is 0 Å². The number of para-hydroxylation sites is 1. The molecule has 3 heterocycles. The molecule has 1 aromatic heterocycles. The average molecular weight is 475 g/mol. The summed E-state index contributed by atoms with van der Waals surface area (Å²) in [5, 5.41) is 5.26. The number of nitrogens with one attached hydrogen (secondary N) is 1. The van der Waals surface area contributed by atoms with E-state index in [0.717, 1.165) is 4.88 Å². The van der Waals surface area contributed by atoms with Gasteiger partial charge in [-0.15, -0.1) is 11.3 Å². The summed E-state index contributed by atoms with van der Waals surface area (Å²) in [7, 11) is 0. The van der Waals surface area contributed by atoms with Crippen molar-refractivity contribution in [2.75, 3.05) is 51.1 Å². The third-order valence-electron chi connectivity index (χ3n) is 6.06. The Balaban J connectivity index is 1.20. The van der Waals surface area contributed by atoms with Gasteiger partial charge in [0.2, 0.25) is 11.8 Å². The molecule has 2 aromatic rings. The van der Waals surface area contributed by atoms with E-state index in [0.29, 0.717) is 62.8 Å². The van der Waals surface area contributed by atoms with E-state index in [-0.39, 0.29) is 30.2 Å². The maximum Gasteiger partial charge on any atom is 0.263 e. The molecule has 2 aliphatic rings. The molecule has 9 heteroatoms. The summed E-state index contributed by atoms with van der Waals surface area (Å²) in [6, 6.07) is 10.9. The Hall–Kier alpha value is -2.42. The molecule has 0 atom stereocenters. The SMILES string of the molecule is O=C(CN1CCN(C(=O)C2CCN(C(=O)c3cccs3)CC2)CC1)Nc1ccccc1Cl. The third-order valence-corrected chi connectivity index (χ3v) is 7.25. The minimum atomic E-state index is -0.111. The number of carbonyl (C=O) groups is 3. The first-order valence-electron chi connectivity index (χ1n) is 10.9. The molecule has 2 aliphatic heterocycles. The molecule has 170 valence electrons. The van der Waals surface area contributed by atoms with Gasteiger partial charge < -0.3 is 15.1 Å². The van der Waals surface area contributed by atoms with Crippen LogP contribution in [-0.2, 0) is 9.59 Å². The molecule has 3 amide bonds. The van der Waals surface area contributed by atoms with E-state index in [4.69, 9.17) is 11.6 Å². The second-order valence-corrected chi connectivity index (χ2v) is 9.53. The minimum absolute atomic E-state index is 0.0301. The standard InChI is InChI=1S/C23H27ClN4O3S/c24-18-4-1-2-5-19(18)25-21(29)16-26-11-13-28(14-12-26)22(30)17-7-9-27(10-8-17)23(31)20-6-3-15-32-20/h1-6,15,17H,7-14,16H2,(H,25,29). The van der Waals surface area contributed by atoms with Gasteiger partial charge in [0.15, 0.2) is 0 Å². The Morgan fingerprint density at radius 2 is 1.66 bits per heavy atom. The average Bonchev–Trinajstić information content (AvgIpc) is 3.35. The van der Waals surface area contributed by atoms with E-state index in [9.17, 15) is 14.4 Å². The van der Waals surface area contributed by atoms with Crippen LogP contribution in [0.25, 0.3) is 0 Å². The first-order valence-corrected chi connectivity index (χ1v) is 12.2. The number of nitrogens with zero attached hydrogens (tertiary/aromatic N) is 3. The van der Waals surface area contributed by atoms with Gasteiger partial charge in [0, 0.05) is 45.2 Å². The van der Waals surface area contributed by atoms with Crippen molar-refractivity contribution in [3.8, 4) is 0 Å². The molecule has 2 saturated heterocycles. The van der Waals surface area contributed by atoms with Gasteiger partial charge in [0.05, 0.1) is 22.1 Å². The lowest BCUT2D eigenvalue weighted by atomic mass is 9.95. The lowest BCUT2D eigenvalue weighted by molar-refractivity contribution is -0.138. The largest absolute Gasteiger partial charge is 0.340 e. The number of carbonyl (C=O) groups excluding carboxylic acids is 3. The van der Waals surface area contributed by atoms with Crippen molar-refractivity contribution in [3.05, 3.63) is 51.7 Å². The summed E-state index contributed by atoms with van der Waals surface area (Å²) in [5.41, 5.74) is 0.608. The van der Waals surface area contributed by atoms with Crippen molar-refractivity contribution >= 4 is 46.3 Å². The highest BCUT2D eigenvalue weighted by molar-refractivity contribution is 7.12. The normalized spacial score (nSPS) is 17.9. The number of piperazine rings is 1. The fraction of sp³-hybridized carbons (Fsp3) is 0.435. The Morgan fingerprint density at radius 3 is 2.31 bits per heavy atom. The van der Waals surface area contributed by atoms with Crippen LogP contribution >= 0.6 is 22.9 Å². The van der Waals surface area contributed by atoms with Crippen molar-refractivity contribution < 1.29 is 14.4 Å². The molecule has 1 N–H and O–H groups in total. The number of thiophene rings is 1. The molecule has 0 saturated carbocycles. The van der Waals surface area contributed by atoms with Crippen LogP contribution in [0.2, 0.25) is 5.02 Å². The fourth-order valence-corrected chi connectivity index (χ4v) is 5.10. The Bertz CT molecular complexity index is 952. The number of piperidine rings is 1. The maximum absolute atomic E-state index is 13.0. The predicted octanol–water partition coefficient (Wildman–Crippen LogP) is 3.04. The van der Waals surface area contributed by atoms with E-state index in [1.165, 1.54) is 11.3 Å². The van der Waals surface area contributed by atoms with Gasteiger partial charge in [-0.2, -0.15) is 0 Å². The van der Waals surface area contributed by atoms with Crippen LogP contribution in [0, 0.1) is 5.92 Å². The van der Waals surface area contributed by atoms with Crippen molar-refractivity contribution in [2.24, 2.45) is 5.92 Å². The number of hydrogen-bond acceptors (Lipinski definition) is 5. The van der Waals surface area contributed by atoms with E-state index in [2.05, 4.69) is 10.2 Å². The smallest absolute Gasteiger partial charge is 0.263 e. The van der Waals surface area contributed by atoms with Gasteiger partial charge in [-0.3, -0.25) is 19.3 Å². The quantitative estimate of drug-likeness (QED) is 0.723. The predicted molar refractivity (Wildman–Crippen MR) is 126 cm³/mol. The van der Waals surface area contributed by atoms with E-state index < -0.39 is 0 Å². The maximum atomic E-state index is 13.0. The molecule has 0 bridgehead atoms. The molecule has 32 heavy (non-hydrogen) atoms. The van der Waals surface area contributed by atoms with Gasteiger partial charge in [-0.05, 0) is 36.4 Å². The van der Waals surface area contributed by atoms with Crippen molar-refractivity contribution in [1.82, 2.24) is 14.7 Å². The van der Waals surface area contributed by atoms with E-state index in [1.54, 1.807) is 12.1 Å². The first-order chi connectivity index (χ1) is 15.5. The minimum Gasteiger partial charge on any atom is -0.340 e. The molecule has 0 unspecified atom stereocenters. The molecule has 0 radical (unpaired) electrons. The summed E-state index contributed by atoms with van der Waals surface area (Å²) >= 11 is 7.55. The van der Waals surface area contributed by atoms with Crippen LogP contribution in [0.5, 0.6) is 0 Å². The van der Waals surface area contributed by atoms with Gasteiger partial charge in [0.25, 0.3) is 5.91 Å². The fourth-order valence-electron chi connectivity index (χ4n) is 4.23. The molecule has 0 spiro atoms. The number of likely N-dealkylation sites (tertiary alicyclic amines) is 1. The van der Waals surface area contributed by atoms with Crippen LogP contribution in [0.15, 0.2) is 41.8 Å². The number of hydrogen-bond donors (Lipinski definition) is 1. The second kappa shape index (κ2) is 10.5. The highest BCUT2D eigenvalue weighted by atomic mass is 35.5. The highest BCUT2D eigenvalue weighted by Gasteiger charge is 2.32. The molecule has 4 rings (SSSR count). The van der Waals surface area contributed by atoms with Gasteiger partial charge in [-0.1, -0.05) is 29.8 Å². The number of anilines is 1. The van der Waals surface area contributed by atoms with E-state index >= 15 is 0 Å². The zero-order valence-electron chi connectivity index (χ0n) is 17.8. The first kappa shape index (κ1) is 22.8. The molecule has 7 nitrogen and oxygen atoms in total. The Labute approximate surface area is 196 Å². The van der Waals surface area contributed by atoms with Gasteiger partial charge in [-0.25, -0.2) is 0 Å². The van der Waals surface area contributed by atoms with Crippen molar-refractivity contribution in [1.29, 1.82) is 0 Å². The summed E-state index contributed by atoms with van der Waals surface area (Å²) in [4.78, 5) is 44.4. The van der Waals surface area contributed by atoms with Crippen LogP contribution < -0.4 is 5.32 Å². The van der Waals surface area contributed by atoms with Gasteiger partial charge >= 0.3 is 0 Å². The summed E-state index contributed by atoms with van der Waals surface area (Å²) in [6.07, 6.45) is 1.41. The lowest BCUT2D eigenvalue weighted by Crippen LogP contribution is -2.53. The molecule has 1 aromatic carbocycles. The van der Waals surface area contributed by atoms with Crippen LogP contribution in [-0.4, -0.2) is 78.2 Å². The van der Waals surface area contributed by atoms with Crippen molar-refractivity contribution in [2.45, 2.75) is 12.8 Å². The number of amides is 3. The molecular weight excluding hydrogens is 448 g/mol. The van der Waals surface area contributed by atoms with Crippen LogP contribution in [0.4, 0.5) is 5.69 Å². The molecule has 0 aliphatic carbocycles. The molecule has 2 fully saturated rings. The zero-order valence-corrected chi connectivity index (χ0v) is 19.4. The lowest BCUT2D eigenvalue weighted by Gasteiger charge is -2.38. The van der Waals surface area contributed by atoms with E-state index in [1.807, 2.05) is 39.4 Å². The van der Waals surface area contributed by atoms with Crippen LogP contribution in [0.1, 0.15) is 22.5 Å². The number of benzene rings is 1. The Morgan fingerprint density at radius 1 is 0.938 bits per heavy atom. The number of rotatable bonds is 5. The highest BCUT2D eigenvalue weighted by Crippen LogP contribution is 2.23. The monoisotopic (exact) mass is 474 g/mol. The topological polar surface area (TPSA) is 73.0 Å². The summed E-state index contributed by atoms with van der Waals surface area (Å²) < 4.78 is 0. The summed E-state index contributed by atoms with van der Waals surface area (Å²) in [5.74, 6) is 0.0982. The summed E-state index contributed by atoms with van der Waals surface area (Å²) in [6.45, 7) is 4.08. The second-order valence-electron chi connectivity index (χ2n) is 8.17. The Kier molecular flexibility index (Phi) is 7.44. The number of halogens is 1. The van der Waals surface area contributed by atoms with Gasteiger partial charge in [0.1, 0.15) is 0 Å². The van der Waals surface area contributed by atoms with Crippen molar-refractivity contribution in [3.63, 3.8) is 0 Å². The third kappa shape index (κ3) is 5.49. The molecular formula is C23H27ClN4O3S. The zero-order chi connectivity index (χ0) is 22.5.